The highest BCUT2D eigenvalue weighted by Gasteiger charge is 2.25. The van der Waals surface area contributed by atoms with Gasteiger partial charge in [0.25, 0.3) is 0 Å². The summed E-state index contributed by atoms with van der Waals surface area (Å²) < 4.78 is 10.8. The van der Waals surface area contributed by atoms with Crippen molar-refractivity contribution in [2.45, 2.75) is 78.0 Å². The normalized spacial score (nSPS) is 19.4. The third-order valence-corrected chi connectivity index (χ3v) is 4.11. The molecule has 6 heteroatoms. The lowest BCUT2D eigenvalue weighted by Gasteiger charge is -2.26. The zero-order chi connectivity index (χ0) is 17.7. The van der Waals surface area contributed by atoms with Crippen LogP contribution in [0.15, 0.2) is 10.6 Å². The second-order valence-electron chi connectivity index (χ2n) is 7.85. The lowest BCUT2D eigenvalue weighted by molar-refractivity contribution is 0.0256. The Kier molecular flexibility index (Phi) is 6.27. The molecule has 1 aromatic heterocycles. The van der Waals surface area contributed by atoms with E-state index in [1.807, 2.05) is 31.7 Å². The average molecular weight is 337 g/mol. The fourth-order valence-electron chi connectivity index (χ4n) is 2.74. The summed E-state index contributed by atoms with van der Waals surface area (Å²) in [5, 5.41) is 7.61. The molecule has 1 saturated heterocycles. The second-order valence-corrected chi connectivity index (χ2v) is 7.85. The van der Waals surface area contributed by atoms with Crippen LogP contribution in [0.4, 0.5) is 4.79 Å². The molecule has 1 aromatic rings. The Morgan fingerprint density at radius 3 is 2.79 bits per heavy atom. The Labute approximate surface area is 144 Å². The molecular formula is C18H31N3O3. The minimum atomic E-state index is -0.443. The van der Waals surface area contributed by atoms with E-state index in [4.69, 9.17) is 9.26 Å². The van der Waals surface area contributed by atoms with Gasteiger partial charge in [0.1, 0.15) is 5.60 Å². The molecule has 1 aliphatic rings. The van der Waals surface area contributed by atoms with E-state index in [0.717, 1.165) is 43.8 Å². The van der Waals surface area contributed by atoms with Crippen LogP contribution in [0.25, 0.3) is 0 Å². The van der Waals surface area contributed by atoms with Crippen LogP contribution in [0.3, 0.4) is 0 Å². The van der Waals surface area contributed by atoms with Gasteiger partial charge in [0.2, 0.25) is 0 Å². The number of hydrogen-bond donors (Lipinski definition) is 1. The fourth-order valence-corrected chi connectivity index (χ4v) is 2.74. The van der Waals surface area contributed by atoms with Gasteiger partial charge in [0.05, 0.1) is 12.2 Å². The second kappa shape index (κ2) is 8.01. The summed E-state index contributed by atoms with van der Waals surface area (Å²) >= 11 is 0. The van der Waals surface area contributed by atoms with Gasteiger partial charge in [-0.1, -0.05) is 19.0 Å². The van der Waals surface area contributed by atoms with E-state index in [1.165, 1.54) is 0 Å². The Morgan fingerprint density at radius 1 is 1.42 bits per heavy atom. The van der Waals surface area contributed by atoms with E-state index in [9.17, 15) is 4.79 Å². The summed E-state index contributed by atoms with van der Waals surface area (Å²) in [4.78, 5) is 14.0. The Balaban J connectivity index is 1.79. The zero-order valence-corrected chi connectivity index (χ0v) is 15.6. The topological polar surface area (TPSA) is 67.6 Å². The number of carbonyl (C=O) groups excluding carboxylic acids is 1. The highest BCUT2D eigenvalue weighted by Crippen LogP contribution is 2.17. The van der Waals surface area contributed by atoms with Crippen LogP contribution in [-0.4, -0.2) is 40.9 Å². The fraction of sp³-hybridized carbons (Fsp3) is 0.778. The summed E-state index contributed by atoms with van der Waals surface area (Å²) in [6.07, 6.45) is 2.74. The van der Waals surface area contributed by atoms with Crippen molar-refractivity contribution < 1.29 is 14.1 Å². The number of ether oxygens (including phenoxy) is 1. The minimum Gasteiger partial charge on any atom is -0.444 e. The van der Waals surface area contributed by atoms with Crippen LogP contribution in [0.2, 0.25) is 0 Å². The predicted molar refractivity (Wildman–Crippen MR) is 92.9 cm³/mol. The number of rotatable bonds is 4. The molecule has 1 aliphatic heterocycles. The van der Waals surface area contributed by atoms with Crippen molar-refractivity contribution in [2.75, 3.05) is 13.1 Å². The molecule has 0 bridgehead atoms. The maximum Gasteiger partial charge on any atom is 0.410 e. The molecule has 0 aromatic carbocycles. The molecule has 1 atom stereocenters. The molecule has 0 spiro atoms. The van der Waals surface area contributed by atoms with E-state index in [-0.39, 0.29) is 6.09 Å². The standard InChI is InChI=1S/C18H31N3O3/c1-13(2)16-11-15(24-20-16)12-19-14-7-6-9-21(10-8-14)17(22)23-18(3,4)5/h11,13-14,19H,6-10,12H2,1-5H3/t14-/m1/s1. The number of carbonyl (C=O) groups is 1. The molecule has 6 nitrogen and oxygen atoms in total. The van der Waals surface area contributed by atoms with Crippen LogP contribution in [0.5, 0.6) is 0 Å². The van der Waals surface area contributed by atoms with Crippen LogP contribution < -0.4 is 5.32 Å². The smallest absolute Gasteiger partial charge is 0.410 e. The molecule has 1 amide bonds. The van der Waals surface area contributed by atoms with Gasteiger partial charge < -0.3 is 19.5 Å². The minimum absolute atomic E-state index is 0.208. The average Bonchev–Trinajstić information content (AvgIpc) is 2.82. The largest absolute Gasteiger partial charge is 0.444 e. The quantitative estimate of drug-likeness (QED) is 0.908. The SMILES string of the molecule is CC(C)c1cc(CN[C@@H]2CCCN(C(=O)OC(C)(C)C)CC2)on1. The van der Waals surface area contributed by atoms with E-state index < -0.39 is 5.60 Å². The summed E-state index contributed by atoms with van der Waals surface area (Å²) in [7, 11) is 0. The molecule has 1 N–H and O–H groups in total. The first-order valence-electron chi connectivity index (χ1n) is 8.91. The van der Waals surface area contributed by atoms with Crippen LogP contribution in [0, 0.1) is 0 Å². The molecule has 0 saturated carbocycles. The zero-order valence-electron chi connectivity index (χ0n) is 15.6. The molecule has 0 aliphatic carbocycles. The van der Waals surface area contributed by atoms with Gasteiger partial charge in [-0.05, 0) is 46.0 Å². The molecule has 1 fully saturated rings. The Morgan fingerprint density at radius 2 is 2.17 bits per heavy atom. The number of amides is 1. The third kappa shape index (κ3) is 5.82. The molecule has 2 heterocycles. The number of hydrogen-bond acceptors (Lipinski definition) is 5. The first-order valence-corrected chi connectivity index (χ1v) is 8.91. The lowest BCUT2D eigenvalue weighted by atomic mass is 10.1. The van der Waals surface area contributed by atoms with Crippen molar-refractivity contribution >= 4 is 6.09 Å². The van der Waals surface area contributed by atoms with Crippen LogP contribution in [-0.2, 0) is 11.3 Å². The molecule has 2 rings (SSSR count). The van der Waals surface area contributed by atoms with Gasteiger partial charge in [-0.2, -0.15) is 0 Å². The van der Waals surface area contributed by atoms with E-state index in [1.54, 1.807) is 0 Å². The van der Waals surface area contributed by atoms with E-state index in [0.29, 0.717) is 18.5 Å². The summed E-state index contributed by atoms with van der Waals surface area (Å²) in [6.45, 7) is 12.1. The van der Waals surface area contributed by atoms with Gasteiger partial charge >= 0.3 is 6.09 Å². The van der Waals surface area contributed by atoms with Crippen LogP contribution in [0.1, 0.15) is 71.3 Å². The first kappa shape index (κ1) is 18.8. The number of aromatic nitrogens is 1. The van der Waals surface area contributed by atoms with Gasteiger partial charge in [-0.15, -0.1) is 0 Å². The van der Waals surface area contributed by atoms with Gasteiger partial charge in [0, 0.05) is 25.2 Å². The van der Waals surface area contributed by atoms with Crippen molar-refractivity contribution in [1.29, 1.82) is 0 Å². The Hall–Kier alpha value is -1.56. The molecule has 24 heavy (non-hydrogen) atoms. The van der Waals surface area contributed by atoms with Crippen molar-refractivity contribution in [1.82, 2.24) is 15.4 Å². The van der Waals surface area contributed by atoms with Crippen molar-refractivity contribution in [3.63, 3.8) is 0 Å². The highest BCUT2D eigenvalue weighted by atomic mass is 16.6. The molecule has 0 radical (unpaired) electrons. The van der Waals surface area contributed by atoms with Gasteiger partial charge in [-0.3, -0.25) is 0 Å². The van der Waals surface area contributed by atoms with Gasteiger partial charge in [-0.25, -0.2) is 4.79 Å². The summed E-state index contributed by atoms with van der Waals surface area (Å²) in [5.41, 5.74) is 0.547. The van der Waals surface area contributed by atoms with Gasteiger partial charge in [0.15, 0.2) is 5.76 Å². The van der Waals surface area contributed by atoms with Crippen molar-refractivity contribution in [3.05, 3.63) is 17.5 Å². The van der Waals surface area contributed by atoms with Crippen molar-refractivity contribution in [3.8, 4) is 0 Å². The number of nitrogens with one attached hydrogen (secondary N) is 1. The maximum absolute atomic E-state index is 12.2. The molecule has 136 valence electrons. The van der Waals surface area contributed by atoms with Crippen LogP contribution >= 0.6 is 0 Å². The molecular weight excluding hydrogens is 306 g/mol. The number of nitrogens with zero attached hydrogens (tertiary/aromatic N) is 2. The molecule has 0 unspecified atom stereocenters. The van der Waals surface area contributed by atoms with E-state index >= 15 is 0 Å². The van der Waals surface area contributed by atoms with Crippen molar-refractivity contribution in [2.24, 2.45) is 0 Å². The first-order chi connectivity index (χ1) is 11.2. The monoisotopic (exact) mass is 337 g/mol. The van der Waals surface area contributed by atoms with E-state index in [2.05, 4.69) is 24.3 Å². The highest BCUT2D eigenvalue weighted by molar-refractivity contribution is 5.68. The summed E-state index contributed by atoms with van der Waals surface area (Å²) in [6, 6.07) is 2.39. The summed E-state index contributed by atoms with van der Waals surface area (Å²) in [5.74, 6) is 1.25. The third-order valence-electron chi connectivity index (χ3n) is 4.11. The maximum atomic E-state index is 12.2. The lowest BCUT2D eigenvalue weighted by Crippen LogP contribution is -2.38. The predicted octanol–water partition coefficient (Wildman–Crippen LogP) is 3.68. The number of likely N-dealkylation sites (tertiary alicyclic amines) is 1. The Bertz CT molecular complexity index is 534.